The van der Waals surface area contributed by atoms with Gasteiger partial charge >= 0.3 is 0 Å². The number of fused-ring (bicyclic) bond motifs is 4. The summed E-state index contributed by atoms with van der Waals surface area (Å²) in [6.45, 7) is 4.26. The molecular weight excluding hydrogens is 571 g/mol. The molecule has 0 spiro atoms. The van der Waals surface area contributed by atoms with E-state index in [1.54, 1.807) is 0 Å². The molecule has 0 unspecified atom stereocenters. The van der Waals surface area contributed by atoms with Crippen molar-refractivity contribution in [3.63, 3.8) is 0 Å². The molecule has 0 saturated carbocycles. The predicted octanol–water partition coefficient (Wildman–Crippen LogP) is 9.70. The Morgan fingerprint density at radius 1 is 0.362 bits per heavy atom. The van der Waals surface area contributed by atoms with E-state index in [4.69, 9.17) is 9.47 Å². The van der Waals surface area contributed by atoms with Crippen molar-refractivity contribution in [2.75, 3.05) is 0 Å². The van der Waals surface area contributed by atoms with E-state index in [-0.39, 0.29) is 6.71 Å². The van der Waals surface area contributed by atoms with E-state index in [1.165, 1.54) is 16.7 Å². The van der Waals surface area contributed by atoms with Gasteiger partial charge in [0.15, 0.2) is 0 Å². The molecule has 2 heterocycles. The Morgan fingerprint density at radius 3 is 1.40 bits per heavy atom. The molecular formula is C44H31BO2. The second-order valence-electron chi connectivity index (χ2n) is 12.5. The second kappa shape index (κ2) is 10.9. The van der Waals surface area contributed by atoms with Gasteiger partial charge in [-0.25, -0.2) is 0 Å². The van der Waals surface area contributed by atoms with E-state index in [0.717, 1.165) is 78.3 Å². The SMILES string of the molecule is Cc1ccccc1-c1cccc2c1Oc1c(-c3ccccc3C)cc(-c3ccccc3)c3c1B2c1cccc(-c2ccccc2)c1O3. The van der Waals surface area contributed by atoms with Crippen LogP contribution in [-0.4, -0.2) is 6.71 Å². The number of hydrogen-bond acceptors (Lipinski definition) is 2. The predicted molar refractivity (Wildman–Crippen MR) is 195 cm³/mol. The lowest BCUT2D eigenvalue weighted by Crippen LogP contribution is -2.57. The van der Waals surface area contributed by atoms with Crippen molar-refractivity contribution >= 4 is 23.1 Å². The monoisotopic (exact) mass is 602 g/mol. The van der Waals surface area contributed by atoms with Crippen molar-refractivity contribution in [3.8, 4) is 67.5 Å². The van der Waals surface area contributed by atoms with E-state index in [0.29, 0.717) is 0 Å². The fourth-order valence-electron chi connectivity index (χ4n) is 7.47. The zero-order chi connectivity index (χ0) is 31.5. The molecule has 3 heteroatoms. The molecule has 0 saturated heterocycles. The molecule has 0 atom stereocenters. The number of aryl methyl sites for hydroxylation is 2. The molecule has 0 aromatic heterocycles. The Balaban J connectivity index is 1.41. The van der Waals surface area contributed by atoms with Crippen LogP contribution in [-0.2, 0) is 0 Å². The minimum Gasteiger partial charge on any atom is -0.457 e. The maximum Gasteiger partial charge on any atom is 0.260 e. The Hall–Kier alpha value is -5.80. The summed E-state index contributed by atoms with van der Waals surface area (Å²) in [5.41, 5.74) is 14.7. The number of benzene rings is 7. The average Bonchev–Trinajstić information content (AvgIpc) is 3.12. The molecule has 2 aliphatic heterocycles. The van der Waals surface area contributed by atoms with Crippen molar-refractivity contribution in [3.05, 3.63) is 163 Å². The summed E-state index contributed by atoms with van der Waals surface area (Å²) in [6, 6.07) is 53.8. The Kier molecular flexibility index (Phi) is 6.40. The van der Waals surface area contributed by atoms with Gasteiger partial charge in [0.25, 0.3) is 6.71 Å². The first-order chi connectivity index (χ1) is 23.2. The van der Waals surface area contributed by atoms with E-state index in [1.807, 2.05) is 0 Å². The summed E-state index contributed by atoms with van der Waals surface area (Å²) >= 11 is 0. The van der Waals surface area contributed by atoms with Gasteiger partial charge in [0.05, 0.1) is 0 Å². The number of ether oxygens (including phenoxy) is 2. The lowest BCUT2D eigenvalue weighted by molar-refractivity contribution is 0.468. The number of para-hydroxylation sites is 2. The molecule has 0 aliphatic carbocycles. The smallest absolute Gasteiger partial charge is 0.260 e. The van der Waals surface area contributed by atoms with Gasteiger partial charge in [0.2, 0.25) is 0 Å². The maximum absolute atomic E-state index is 7.25. The highest BCUT2D eigenvalue weighted by molar-refractivity contribution is 6.98. The lowest BCUT2D eigenvalue weighted by Gasteiger charge is -2.37. The Bertz CT molecular complexity index is 2330. The Labute approximate surface area is 276 Å². The van der Waals surface area contributed by atoms with Crippen LogP contribution in [0.4, 0.5) is 0 Å². The summed E-state index contributed by atoms with van der Waals surface area (Å²) in [4.78, 5) is 0. The van der Waals surface area contributed by atoms with Crippen LogP contribution in [0.2, 0.25) is 0 Å². The van der Waals surface area contributed by atoms with E-state index < -0.39 is 0 Å². The van der Waals surface area contributed by atoms with Crippen LogP contribution in [0.5, 0.6) is 23.0 Å². The maximum atomic E-state index is 7.25. The van der Waals surface area contributed by atoms with E-state index >= 15 is 0 Å². The fraction of sp³-hybridized carbons (Fsp3) is 0.0455. The molecule has 7 aromatic carbocycles. The van der Waals surface area contributed by atoms with Crippen LogP contribution in [0.3, 0.4) is 0 Å². The summed E-state index contributed by atoms with van der Waals surface area (Å²) in [7, 11) is 0. The van der Waals surface area contributed by atoms with Crippen LogP contribution < -0.4 is 25.9 Å². The molecule has 9 rings (SSSR count). The Morgan fingerprint density at radius 2 is 0.809 bits per heavy atom. The van der Waals surface area contributed by atoms with Crippen LogP contribution in [0.25, 0.3) is 44.5 Å². The minimum atomic E-state index is -0.0911. The molecule has 0 bridgehead atoms. The number of hydrogen-bond donors (Lipinski definition) is 0. The lowest BCUT2D eigenvalue weighted by atomic mass is 9.34. The van der Waals surface area contributed by atoms with Crippen molar-refractivity contribution < 1.29 is 9.47 Å². The quantitative estimate of drug-likeness (QED) is 0.187. The molecule has 47 heavy (non-hydrogen) atoms. The van der Waals surface area contributed by atoms with Crippen LogP contribution in [0.1, 0.15) is 11.1 Å². The summed E-state index contributed by atoms with van der Waals surface area (Å²) in [6.07, 6.45) is 0. The second-order valence-corrected chi connectivity index (χ2v) is 12.5. The van der Waals surface area contributed by atoms with Crippen molar-refractivity contribution in [1.82, 2.24) is 0 Å². The minimum absolute atomic E-state index is 0.0911. The van der Waals surface area contributed by atoms with Gasteiger partial charge in [0.1, 0.15) is 23.0 Å². The molecule has 2 aliphatic rings. The first-order valence-electron chi connectivity index (χ1n) is 16.2. The normalized spacial score (nSPS) is 12.3. The molecule has 0 fully saturated rings. The molecule has 0 radical (unpaired) electrons. The third-order valence-corrected chi connectivity index (χ3v) is 9.72. The zero-order valence-electron chi connectivity index (χ0n) is 26.3. The standard InChI is InChI=1S/C44H31BO2/c1-28-15-9-11-21-32(28)35-24-14-26-39-42(35)47-44-37(33-22-12-10-16-29(33)2)27-36(31-19-7-4-8-20-31)43-40(44)45(39)38-25-13-23-34(41(38)46-43)30-17-5-3-6-18-30/h3-27H,1-2H3. The first kappa shape index (κ1) is 27.5. The first-order valence-corrected chi connectivity index (χ1v) is 16.2. The van der Waals surface area contributed by atoms with Crippen LogP contribution in [0.15, 0.2) is 152 Å². The van der Waals surface area contributed by atoms with Gasteiger partial charge in [-0.2, -0.15) is 0 Å². The number of rotatable bonds is 4. The average molecular weight is 603 g/mol. The topological polar surface area (TPSA) is 18.5 Å². The third kappa shape index (κ3) is 4.35. The van der Waals surface area contributed by atoms with Crippen LogP contribution in [0, 0.1) is 13.8 Å². The molecule has 222 valence electrons. The summed E-state index contributed by atoms with van der Waals surface area (Å²) < 4.78 is 14.4. The van der Waals surface area contributed by atoms with Gasteiger partial charge in [-0.15, -0.1) is 0 Å². The van der Waals surface area contributed by atoms with E-state index in [9.17, 15) is 0 Å². The van der Waals surface area contributed by atoms with Gasteiger partial charge in [0, 0.05) is 27.7 Å². The fourth-order valence-corrected chi connectivity index (χ4v) is 7.47. The highest BCUT2D eigenvalue weighted by Gasteiger charge is 2.44. The zero-order valence-corrected chi connectivity index (χ0v) is 26.3. The van der Waals surface area contributed by atoms with Crippen molar-refractivity contribution in [1.29, 1.82) is 0 Å². The van der Waals surface area contributed by atoms with Gasteiger partial charge < -0.3 is 9.47 Å². The molecule has 0 N–H and O–H groups in total. The largest absolute Gasteiger partial charge is 0.457 e. The highest BCUT2D eigenvalue weighted by Crippen LogP contribution is 2.49. The van der Waals surface area contributed by atoms with Gasteiger partial charge in [-0.1, -0.05) is 146 Å². The highest BCUT2D eigenvalue weighted by atomic mass is 16.5. The van der Waals surface area contributed by atoms with Crippen molar-refractivity contribution in [2.45, 2.75) is 13.8 Å². The van der Waals surface area contributed by atoms with Gasteiger partial charge in [-0.05, 0) is 64.2 Å². The van der Waals surface area contributed by atoms with Crippen molar-refractivity contribution in [2.24, 2.45) is 0 Å². The molecule has 2 nitrogen and oxygen atoms in total. The molecule has 7 aromatic rings. The van der Waals surface area contributed by atoms with E-state index in [2.05, 4.69) is 166 Å². The summed E-state index contributed by atoms with van der Waals surface area (Å²) in [5, 5.41) is 0. The van der Waals surface area contributed by atoms with Gasteiger partial charge in [-0.3, -0.25) is 0 Å². The third-order valence-electron chi connectivity index (χ3n) is 9.72. The summed E-state index contributed by atoms with van der Waals surface area (Å²) in [5.74, 6) is 3.53. The van der Waals surface area contributed by atoms with Crippen LogP contribution >= 0.6 is 0 Å². The molecule has 0 amide bonds.